The number of aromatic carboxylic acids is 1. The predicted octanol–water partition coefficient (Wildman–Crippen LogP) is 5.49. The van der Waals surface area contributed by atoms with Gasteiger partial charge in [-0.3, -0.25) is 0 Å². The lowest BCUT2D eigenvalue weighted by Crippen LogP contribution is -2.13. The summed E-state index contributed by atoms with van der Waals surface area (Å²) < 4.78 is 28.7. The number of benzene rings is 2. The maximum Gasteiger partial charge on any atom is 0.540 e. The van der Waals surface area contributed by atoms with Gasteiger partial charge in [0, 0.05) is 13.5 Å². The quantitative estimate of drug-likeness (QED) is 0.341. The molecule has 2 atom stereocenters. The lowest BCUT2D eigenvalue weighted by Gasteiger charge is -2.08. The SMILES string of the molecule is CCCCC(OCCOC)[P+](=O)OCc1ccc(-c2ccccc2C(=O)O)cc1. The van der Waals surface area contributed by atoms with Crippen molar-refractivity contribution in [3.63, 3.8) is 0 Å². The number of carboxylic acids is 1. The van der Waals surface area contributed by atoms with E-state index in [0.717, 1.165) is 24.0 Å². The highest BCUT2D eigenvalue weighted by Crippen LogP contribution is 2.35. The minimum absolute atomic E-state index is 0.201. The summed E-state index contributed by atoms with van der Waals surface area (Å²) in [7, 11) is -0.370. The van der Waals surface area contributed by atoms with Crippen LogP contribution in [0.2, 0.25) is 0 Å². The third-order valence-corrected chi connectivity index (χ3v) is 5.68. The molecule has 7 heteroatoms. The molecule has 29 heavy (non-hydrogen) atoms. The van der Waals surface area contributed by atoms with E-state index in [1.165, 1.54) is 0 Å². The first kappa shape index (κ1) is 23.2. The fourth-order valence-electron chi connectivity index (χ4n) is 2.82. The summed E-state index contributed by atoms with van der Waals surface area (Å²) in [6, 6.07) is 14.3. The minimum atomic E-state index is -1.97. The number of ether oxygens (including phenoxy) is 2. The summed E-state index contributed by atoms with van der Waals surface area (Å²) in [5.41, 5.74) is 2.58. The predicted molar refractivity (Wildman–Crippen MR) is 112 cm³/mol. The summed E-state index contributed by atoms with van der Waals surface area (Å²) >= 11 is 0. The van der Waals surface area contributed by atoms with Crippen molar-refractivity contribution in [2.75, 3.05) is 20.3 Å². The normalized spacial score (nSPS) is 12.6. The zero-order valence-electron chi connectivity index (χ0n) is 16.9. The Labute approximate surface area is 172 Å². The van der Waals surface area contributed by atoms with Crippen molar-refractivity contribution in [3.8, 4) is 11.1 Å². The van der Waals surface area contributed by atoms with Crippen LogP contribution in [0.3, 0.4) is 0 Å². The van der Waals surface area contributed by atoms with Gasteiger partial charge in [-0.25, -0.2) is 4.79 Å². The molecule has 1 N–H and O–H groups in total. The van der Waals surface area contributed by atoms with E-state index >= 15 is 0 Å². The van der Waals surface area contributed by atoms with Crippen LogP contribution in [-0.2, 0) is 25.2 Å². The average molecular weight is 419 g/mol. The topological polar surface area (TPSA) is 82.1 Å². The van der Waals surface area contributed by atoms with Crippen molar-refractivity contribution in [3.05, 3.63) is 59.7 Å². The molecule has 6 nitrogen and oxygen atoms in total. The average Bonchev–Trinajstić information content (AvgIpc) is 2.74. The largest absolute Gasteiger partial charge is 0.540 e. The van der Waals surface area contributed by atoms with Crippen LogP contribution in [-0.4, -0.2) is 37.2 Å². The van der Waals surface area contributed by atoms with E-state index in [2.05, 4.69) is 6.92 Å². The summed E-state index contributed by atoms with van der Waals surface area (Å²) in [6.45, 7) is 3.11. The van der Waals surface area contributed by atoms with E-state index in [1.54, 1.807) is 25.3 Å². The Morgan fingerprint density at radius 1 is 1.10 bits per heavy atom. The third-order valence-electron chi connectivity index (χ3n) is 4.42. The van der Waals surface area contributed by atoms with Gasteiger partial charge in [-0.05, 0) is 33.7 Å². The highest BCUT2D eigenvalue weighted by atomic mass is 31.1. The minimum Gasteiger partial charge on any atom is -0.478 e. The standard InChI is InChI=1S/C22H27O6P/c1-3-4-9-21(27-15-14-26-2)29(25)28-16-17-10-12-18(13-11-17)19-7-5-6-8-20(19)22(23)24/h5-8,10-13,21H,3-4,9,14-16H2,1-2H3/p+1. The summed E-state index contributed by atoms with van der Waals surface area (Å²) in [5.74, 6) is -1.40. The maximum absolute atomic E-state index is 12.5. The lowest BCUT2D eigenvalue weighted by molar-refractivity contribution is 0.0436. The molecule has 0 aromatic heterocycles. The second kappa shape index (κ2) is 12.5. The van der Waals surface area contributed by atoms with Gasteiger partial charge in [0.15, 0.2) is 0 Å². The molecule has 0 aliphatic carbocycles. The third kappa shape index (κ3) is 7.33. The van der Waals surface area contributed by atoms with Crippen LogP contribution in [0.25, 0.3) is 11.1 Å². The van der Waals surface area contributed by atoms with Crippen LogP contribution in [0, 0.1) is 0 Å². The highest BCUT2D eigenvalue weighted by molar-refractivity contribution is 7.39. The Kier molecular flexibility index (Phi) is 9.95. The molecule has 156 valence electrons. The molecular weight excluding hydrogens is 391 g/mol. The molecule has 0 saturated carbocycles. The van der Waals surface area contributed by atoms with Crippen molar-refractivity contribution in [1.82, 2.24) is 0 Å². The monoisotopic (exact) mass is 419 g/mol. The van der Waals surface area contributed by atoms with Gasteiger partial charge in [0.05, 0.1) is 18.8 Å². The van der Waals surface area contributed by atoms with Gasteiger partial charge in [0.2, 0.25) is 0 Å². The van der Waals surface area contributed by atoms with Crippen molar-refractivity contribution < 1.29 is 28.5 Å². The number of unbranched alkanes of at least 4 members (excludes halogenated alkanes) is 1. The van der Waals surface area contributed by atoms with Gasteiger partial charge in [0.1, 0.15) is 6.61 Å². The van der Waals surface area contributed by atoms with Crippen molar-refractivity contribution in [2.45, 2.75) is 38.6 Å². The second-order valence-corrected chi connectivity index (χ2v) is 7.97. The van der Waals surface area contributed by atoms with Crippen molar-refractivity contribution >= 4 is 14.0 Å². The van der Waals surface area contributed by atoms with Crippen LogP contribution >= 0.6 is 8.03 Å². The van der Waals surface area contributed by atoms with Crippen LogP contribution in [0.1, 0.15) is 42.1 Å². The molecule has 0 aliphatic heterocycles. The Bertz CT molecular complexity index is 790. The zero-order chi connectivity index (χ0) is 21.1. The number of rotatable bonds is 13. The van der Waals surface area contributed by atoms with E-state index in [-0.39, 0.29) is 12.2 Å². The van der Waals surface area contributed by atoms with E-state index in [9.17, 15) is 14.5 Å². The Morgan fingerprint density at radius 3 is 2.48 bits per heavy atom. The van der Waals surface area contributed by atoms with Gasteiger partial charge in [0.25, 0.3) is 5.85 Å². The van der Waals surface area contributed by atoms with Gasteiger partial charge >= 0.3 is 14.0 Å². The molecule has 2 unspecified atom stereocenters. The molecule has 0 saturated heterocycles. The maximum atomic E-state index is 12.5. The van der Waals surface area contributed by atoms with Crippen LogP contribution < -0.4 is 0 Å². The molecule has 0 aliphatic rings. The van der Waals surface area contributed by atoms with Crippen LogP contribution in [0.4, 0.5) is 0 Å². The molecule has 2 aromatic rings. The highest BCUT2D eigenvalue weighted by Gasteiger charge is 2.33. The number of hydrogen-bond acceptors (Lipinski definition) is 5. The molecular formula is C22H28O6P+. The second-order valence-electron chi connectivity index (χ2n) is 6.57. The zero-order valence-corrected chi connectivity index (χ0v) is 17.8. The molecule has 2 aromatic carbocycles. The molecule has 0 radical (unpaired) electrons. The number of carboxylic acid groups (broad SMARTS) is 1. The number of carbonyl (C=O) groups is 1. The lowest BCUT2D eigenvalue weighted by atomic mass is 9.99. The van der Waals surface area contributed by atoms with E-state index < -0.39 is 19.8 Å². The molecule has 2 rings (SSSR count). The molecule has 0 heterocycles. The van der Waals surface area contributed by atoms with Crippen molar-refractivity contribution in [2.24, 2.45) is 0 Å². The Balaban J connectivity index is 1.98. The van der Waals surface area contributed by atoms with E-state index in [1.807, 2.05) is 30.3 Å². The summed E-state index contributed by atoms with van der Waals surface area (Å²) in [6.07, 6.45) is 2.59. The van der Waals surface area contributed by atoms with Gasteiger partial charge in [-0.15, -0.1) is 4.52 Å². The van der Waals surface area contributed by atoms with Crippen molar-refractivity contribution in [1.29, 1.82) is 0 Å². The fraction of sp³-hybridized carbons (Fsp3) is 0.409. The first-order chi connectivity index (χ1) is 14.1. The van der Waals surface area contributed by atoms with Gasteiger partial charge in [-0.2, -0.15) is 0 Å². The van der Waals surface area contributed by atoms with E-state index in [0.29, 0.717) is 25.2 Å². The summed E-state index contributed by atoms with van der Waals surface area (Å²) in [5, 5.41) is 9.35. The molecule has 0 bridgehead atoms. The van der Waals surface area contributed by atoms with E-state index in [4.69, 9.17) is 14.0 Å². The smallest absolute Gasteiger partial charge is 0.478 e. The Hall–Kier alpha value is -2.11. The molecule has 0 amide bonds. The Morgan fingerprint density at radius 2 is 1.83 bits per heavy atom. The first-order valence-corrected chi connectivity index (χ1v) is 10.9. The number of methoxy groups -OCH3 is 1. The first-order valence-electron chi connectivity index (χ1n) is 9.68. The number of hydrogen-bond donors (Lipinski definition) is 1. The fourth-order valence-corrected chi connectivity index (χ4v) is 3.88. The van der Waals surface area contributed by atoms with Crippen LogP contribution in [0.5, 0.6) is 0 Å². The van der Waals surface area contributed by atoms with Crippen LogP contribution in [0.15, 0.2) is 48.5 Å². The van der Waals surface area contributed by atoms with Gasteiger partial charge < -0.3 is 14.6 Å². The van der Waals surface area contributed by atoms with Gasteiger partial charge in [-0.1, -0.05) is 55.8 Å². The molecule has 0 spiro atoms. The molecule has 0 fully saturated rings. The summed E-state index contributed by atoms with van der Waals surface area (Å²) in [4.78, 5) is 11.4.